The predicted octanol–water partition coefficient (Wildman–Crippen LogP) is 2.52. The maximum absolute atomic E-state index is 13.1. The SMILES string of the molecule is Cc1cc(NC(=O)[C@@H](C)N2CCO[C@@H](c3ccc(F)cc3)C2)on1. The van der Waals surface area contributed by atoms with Gasteiger partial charge in [-0.15, -0.1) is 0 Å². The van der Waals surface area contributed by atoms with Gasteiger partial charge in [-0.3, -0.25) is 15.0 Å². The molecular formula is C17H20FN3O3. The van der Waals surface area contributed by atoms with E-state index in [0.717, 1.165) is 5.56 Å². The molecule has 0 saturated carbocycles. The first kappa shape index (κ1) is 16.6. The van der Waals surface area contributed by atoms with Gasteiger partial charge in [-0.05, 0) is 31.5 Å². The van der Waals surface area contributed by atoms with Crippen LogP contribution in [-0.2, 0) is 9.53 Å². The molecule has 24 heavy (non-hydrogen) atoms. The number of aromatic nitrogens is 1. The summed E-state index contributed by atoms with van der Waals surface area (Å²) in [5.74, 6) is -0.0971. The van der Waals surface area contributed by atoms with E-state index < -0.39 is 0 Å². The molecule has 6 nitrogen and oxygen atoms in total. The van der Waals surface area contributed by atoms with Gasteiger partial charge in [0, 0.05) is 19.2 Å². The van der Waals surface area contributed by atoms with E-state index in [0.29, 0.717) is 31.3 Å². The third kappa shape index (κ3) is 3.80. The molecule has 128 valence electrons. The second-order valence-electron chi connectivity index (χ2n) is 5.90. The largest absolute Gasteiger partial charge is 0.371 e. The van der Waals surface area contributed by atoms with Crippen LogP contribution in [0.4, 0.5) is 10.3 Å². The summed E-state index contributed by atoms with van der Waals surface area (Å²) < 4.78 is 23.8. The minimum absolute atomic E-state index is 0.161. The fourth-order valence-electron chi connectivity index (χ4n) is 2.71. The molecular weight excluding hydrogens is 313 g/mol. The van der Waals surface area contributed by atoms with Crippen LogP contribution in [0.5, 0.6) is 0 Å². The number of amides is 1. The van der Waals surface area contributed by atoms with E-state index in [1.807, 2.05) is 11.8 Å². The van der Waals surface area contributed by atoms with Gasteiger partial charge in [-0.2, -0.15) is 0 Å². The van der Waals surface area contributed by atoms with Crippen LogP contribution in [-0.4, -0.2) is 41.7 Å². The number of anilines is 1. The van der Waals surface area contributed by atoms with Gasteiger partial charge in [0.15, 0.2) is 0 Å². The summed E-state index contributed by atoms with van der Waals surface area (Å²) in [6.45, 7) is 5.36. The number of nitrogens with zero attached hydrogens (tertiary/aromatic N) is 2. The Bertz CT molecular complexity index is 701. The number of halogens is 1. The number of benzene rings is 1. The van der Waals surface area contributed by atoms with Crippen molar-refractivity contribution in [3.8, 4) is 0 Å². The van der Waals surface area contributed by atoms with Crippen LogP contribution >= 0.6 is 0 Å². The zero-order valence-corrected chi connectivity index (χ0v) is 13.7. The van der Waals surface area contributed by atoms with E-state index in [9.17, 15) is 9.18 Å². The van der Waals surface area contributed by atoms with E-state index in [1.54, 1.807) is 25.1 Å². The maximum Gasteiger partial charge on any atom is 0.243 e. The molecule has 0 radical (unpaired) electrons. The monoisotopic (exact) mass is 333 g/mol. The number of hydrogen-bond donors (Lipinski definition) is 1. The summed E-state index contributed by atoms with van der Waals surface area (Å²) in [5, 5.41) is 6.47. The lowest BCUT2D eigenvalue weighted by molar-refractivity contribution is -0.124. The van der Waals surface area contributed by atoms with E-state index in [2.05, 4.69) is 10.5 Å². The minimum atomic E-state index is -0.345. The first-order valence-corrected chi connectivity index (χ1v) is 7.88. The van der Waals surface area contributed by atoms with Gasteiger partial charge in [0.1, 0.15) is 5.82 Å². The van der Waals surface area contributed by atoms with Crippen LogP contribution in [0, 0.1) is 12.7 Å². The Kier molecular flexibility index (Phi) is 4.92. The summed E-state index contributed by atoms with van der Waals surface area (Å²) in [4.78, 5) is 14.4. The minimum Gasteiger partial charge on any atom is -0.371 e. The molecule has 1 aliphatic heterocycles. The second kappa shape index (κ2) is 7.11. The summed E-state index contributed by atoms with van der Waals surface area (Å²) >= 11 is 0. The lowest BCUT2D eigenvalue weighted by Gasteiger charge is -2.36. The Morgan fingerprint density at radius 2 is 2.17 bits per heavy atom. The summed E-state index contributed by atoms with van der Waals surface area (Å²) in [7, 11) is 0. The van der Waals surface area contributed by atoms with Crippen LogP contribution in [0.15, 0.2) is 34.9 Å². The fourth-order valence-corrected chi connectivity index (χ4v) is 2.71. The Hall–Kier alpha value is -2.25. The van der Waals surface area contributed by atoms with Gasteiger partial charge in [-0.25, -0.2) is 4.39 Å². The van der Waals surface area contributed by atoms with Crippen molar-refractivity contribution in [2.45, 2.75) is 26.0 Å². The average Bonchev–Trinajstić information content (AvgIpc) is 3.00. The van der Waals surface area contributed by atoms with Crippen molar-refractivity contribution in [2.24, 2.45) is 0 Å². The highest BCUT2D eigenvalue weighted by Crippen LogP contribution is 2.24. The van der Waals surface area contributed by atoms with Crippen LogP contribution in [0.25, 0.3) is 0 Å². The highest BCUT2D eigenvalue weighted by Gasteiger charge is 2.29. The first-order valence-electron chi connectivity index (χ1n) is 7.88. The Balaban J connectivity index is 1.62. The van der Waals surface area contributed by atoms with Gasteiger partial charge < -0.3 is 9.26 Å². The number of rotatable bonds is 4. The number of nitrogens with one attached hydrogen (secondary N) is 1. The lowest BCUT2D eigenvalue weighted by Crippen LogP contribution is -2.48. The van der Waals surface area contributed by atoms with Crippen molar-refractivity contribution in [1.82, 2.24) is 10.1 Å². The molecule has 2 aromatic rings. The number of carbonyl (C=O) groups is 1. The van der Waals surface area contributed by atoms with Crippen molar-refractivity contribution in [3.63, 3.8) is 0 Å². The number of ether oxygens (including phenoxy) is 1. The van der Waals surface area contributed by atoms with Gasteiger partial charge in [0.25, 0.3) is 0 Å². The van der Waals surface area contributed by atoms with Gasteiger partial charge in [0.05, 0.1) is 24.4 Å². The molecule has 0 spiro atoms. The third-order valence-electron chi connectivity index (χ3n) is 4.14. The van der Waals surface area contributed by atoms with Crippen molar-refractivity contribution >= 4 is 11.8 Å². The second-order valence-corrected chi connectivity index (χ2v) is 5.90. The third-order valence-corrected chi connectivity index (χ3v) is 4.14. The molecule has 1 N–H and O–H groups in total. The Morgan fingerprint density at radius 1 is 1.42 bits per heavy atom. The van der Waals surface area contributed by atoms with Crippen LogP contribution in [0.2, 0.25) is 0 Å². The summed E-state index contributed by atoms with van der Waals surface area (Å²) in [6.07, 6.45) is -0.179. The van der Waals surface area contributed by atoms with Gasteiger partial charge in [-0.1, -0.05) is 17.3 Å². The zero-order valence-electron chi connectivity index (χ0n) is 13.7. The molecule has 2 atom stereocenters. The van der Waals surface area contributed by atoms with Crippen molar-refractivity contribution in [3.05, 3.63) is 47.4 Å². The summed E-state index contributed by atoms with van der Waals surface area (Å²) in [5.41, 5.74) is 1.61. The quantitative estimate of drug-likeness (QED) is 0.931. The number of aryl methyl sites for hydroxylation is 1. The Labute approximate surface area is 139 Å². The number of hydrogen-bond acceptors (Lipinski definition) is 5. The topological polar surface area (TPSA) is 67.6 Å². The highest BCUT2D eigenvalue weighted by molar-refractivity contribution is 5.93. The van der Waals surface area contributed by atoms with Crippen LogP contribution in [0.1, 0.15) is 24.3 Å². The molecule has 0 bridgehead atoms. The van der Waals surface area contributed by atoms with E-state index in [-0.39, 0.29) is 23.9 Å². The lowest BCUT2D eigenvalue weighted by atomic mass is 10.1. The predicted molar refractivity (Wildman–Crippen MR) is 86.0 cm³/mol. The highest BCUT2D eigenvalue weighted by atomic mass is 19.1. The van der Waals surface area contributed by atoms with Crippen molar-refractivity contribution in [1.29, 1.82) is 0 Å². The smallest absolute Gasteiger partial charge is 0.243 e. The van der Waals surface area contributed by atoms with Crippen molar-refractivity contribution in [2.75, 3.05) is 25.0 Å². The van der Waals surface area contributed by atoms with Crippen LogP contribution in [0.3, 0.4) is 0 Å². The van der Waals surface area contributed by atoms with E-state index in [4.69, 9.17) is 9.26 Å². The van der Waals surface area contributed by atoms with Crippen molar-refractivity contribution < 1.29 is 18.4 Å². The fraction of sp³-hybridized carbons (Fsp3) is 0.412. The standard InChI is InChI=1S/C17H20FN3O3/c1-11-9-16(24-20-11)19-17(22)12(2)21-7-8-23-15(10-21)13-3-5-14(18)6-4-13/h3-6,9,12,15H,7-8,10H2,1-2H3,(H,19,22)/t12-,15-/m1/s1. The molecule has 1 aromatic heterocycles. The number of carbonyl (C=O) groups excluding carboxylic acids is 1. The van der Waals surface area contributed by atoms with E-state index >= 15 is 0 Å². The number of morpholine rings is 1. The maximum atomic E-state index is 13.1. The van der Waals surface area contributed by atoms with E-state index in [1.165, 1.54) is 12.1 Å². The molecule has 1 aromatic carbocycles. The molecule has 0 aliphatic carbocycles. The normalized spacial score (nSPS) is 19.9. The van der Waals surface area contributed by atoms with Crippen LogP contribution < -0.4 is 5.32 Å². The molecule has 2 heterocycles. The molecule has 7 heteroatoms. The molecule has 3 rings (SSSR count). The molecule has 1 amide bonds. The molecule has 1 saturated heterocycles. The first-order chi connectivity index (χ1) is 11.5. The van der Waals surface area contributed by atoms with Gasteiger partial charge >= 0.3 is 0 Å². The van der Waals surface area contributed by atoms with Gasteiger partial charge in [0.2, 0.25) is 11.8 Å². The molecule has 0 unspecified atom stereocenters. The summed E-state index contributed by atoms with van der Waals surface area (Å²) in [6, 6.07) is 7.59. The molecule has 1 aliphatic rings. The Morgan fingerprint density at radius 3 is 2.83 bits per heavy atom. The average molecular weight is 333 g/mol. The zero-order chi connectivity index (χ0) is 17.1. The molecule has 1 fully saturated rings.